The minimum absolute atomic E-state index is 0.199. The van der Waals surface area contributed by atoms with E-state index in [-0.39, 0.29) is 18.1 Å². The highest BCUT2D eigenvalue weighted by atomic mass is 127. The molecule has 0 unspecified atom stereocenters. The Hall–Kier alpha value is -1.34. The van der Waals surface area contributed by atoms with E-state index in [1.165, 1.54) is 4.90 Å². The topological polar surface area (TPSA) is 58.6 Å². The minimum atomic E-state index is -0.441. The third-order valence-corrected chi connectivity index (χ3v) is 7.65. The van der Waals surface area contributed by atoms with Gasteiger partial charge in [0.15, 0.2) is 0 Å². The van der Waals surface area contributed by atoms with Crippen LogP contribution >= 0.6 is 84.3 Å². The summed E-state index contributed by atoms with van der Waals surface area (Å²) < 4.78 is 8.68. The summed E-state index contributed by atoms with van der Waals surface area (Å²) in [5.74, 6) is 0.351. The maximum absolute atomic E-state index is 12.9. The molecule has 1 aliphatic rings. The number of nitrogens with zero attached hydrogens (tertiary/aromatic N) is 1. The van der Waals surface area contributed by atoms with Crippen LogP contribution in [0.25, 0.3) is 6.08 Å². The van der Waals surface area contributed by atoms with Crippen LogP contribution in [0.4, 0.5) is 4.79 Å². The van der Waals surface area contributed by atoms with Crippen LogP contribution in [0.5, 0.6) is 5.75 Å². The number of imide groups is 1. The van der Waals surface area contributed by atoms with Crippen molar-refractivity contribution < 1.29 is 14.3 Å². The Bertz CT molecular complexity index is 1290. The zero-order valence-corrected chi connectivity index (χ0v) is 24.7. The average molecular weight is 784 g/mol. The number of carbonyl (C=O) groups excluding carboxylic acids is 2. The van der Waals surface area contributed by atoms with Gasteiger partial charge in [-0.15, -0.1) is 0 Å². The Morgan fingerprint density at radius 1 is 1.00 bits per heavy atom. The van der Waals surface area contributed by atoms with E-state index in [9.17, 15) is 9.59 Å². The molecule has 0 saturated carbocycles. The standard InChI is InChI=1S/C24H15BrCl2I2N2O3/c25-16-4-1-13(2-5-16)11-31-23(32)21(30-24(31)33)9-14-7-19(28)22(20(29)8-14)34-12-15-3-6-17(26)10-18(15)27/h1-10H,11-12H2,(H,30,33)/b21-9+. The van der Waals surface area contributed by atoms with E-state index in [1.54, 1.807) is 18.2 Å². The Balaban J connectivity index is 1.50. The highest BCUT2D eigenvalue weighted by Crippen LogP contribution is 2.32. The number of urea groups is 1. The first-order valence-corrected chi connectivity index (χ1v) is 13.6. The van der Waals surface area contributed by atoms with E-state index in [4.69, 9.17) is 27.9 Å². The fourth-order valence-electron chi connectivity index (χ4n) is 3.24. The zero-order valence-electron chi connectivity index (χ0n) is 17.2. The number of amides is 3. The number of carbonyl (C=O) groups is 2. The third kappa shape index (κ3) is 6.07. The Morgan fingerprint density at radius 2 is 1.68 bits per heavy atom. The van der Waals surface area contributed by atoms with Gasteiger partial charge in [0.1, 0.15) is 18.1 Å². The maximum atomic E-state index is 12.9. The Kier molecular flexibility index (Phi) is 8.44. The van der Waals surface area contributed by atoms with Gasteiger partial charge in [0, 0.05) is 20.1 Å². The number of halogens is 5. The summed E-state index contributed by atoms with van der Waals surface area (Å²) in [7, 11) is 0. The summed E-state index contributed by atoms with van der Waals surface area (Å²) in [6, 6.07) is 16.1. The summed E-state index contributed by atoms with van der Waals surface area (Å²) in [4.78, 5) is 26.5. The van der Waals surface area contributed by atoms with Gasteiger partial charge in [-0.25, -0.2) is 4.79 Å². The summed E-state index contributed by atoms with van der Waals surface area (Å²) in [6.45, 7) is 0.492. The Labute approximate surface area is 242 Å². The molecule has 0 atom stereocenters. The predicted molar refractivity (Wildman–Crippen MR) is 154 cm³/mol. The highest BCUT2D eigenvalue weighted by molar-refractivity contribution is 14.1. The van der Waals surface area contributed by atoms with Crippen molar-refractivity contribution in [1.29, 1.82) is 0 Å². The van der Waals surface area contributed by atoms with Crippen LogP contribution in [-0.2, 0) is 17.9 Å². The zero-order chi connectivity index (χ0) is 24.4. The van der Waals surface area contributed by atoms with Crippen LogP contribution < -0.4 is 10.1 Å². The fourth-order valence-corrected chi connectivity index (χ4v) is 6.10. The fraction of sp³-hybridized carbons (Fsp3) is 0.0833. The van der Waals surface area contributed by atoms with Crippen molar-refractivity contribution in [3.63, 3.8) is 0 Å². The quantitative estimate of drug-likeness (QED) is 0.159. The molecule has 0 aliphatic carbocycles. The second-order valence-electron chi connectivity index (χ2n) is 7.34. The van der Waals surface area contributed by atoms with E-state index in [1.807, 2.05) is 42.5 Å². The number of rotatable bonds is 6. The van der Waals surface area contributed by atoms with Gasteiger partial charge in [-0.2, -0.15) is 0 Å². The first kappa shape index (κ1) is 25.7. The lowest BCUT2D eigenvalue weighted by molar-refractivity contribution is -0.123. The summed E-state index contributed by atoms with van der Waals surface area (Å²) in [5, 5.41) is 3.78. The van der Waals surface area contributed by atoms with Gasteiger partial charge < -0.3 is 10.1 Å². The molecule has 0 radical (unpaired) electrons. The lowest BCUT2D eigenvalue weighted by Crippen LogP contribution is -2.30. The molecule has 1 saturated heterocycles. The summed E-state index contributed by atoms with van der Waals surface area (Å²) in [5.41, 5.74) is 2.70. The average Bonchev–Trinajstić information content (AvgIpc) is 3.03. The van der Waals surface area contributed by atoms with E-state index in [0.717, 1.165) is 28.3 Å². The maximum Gasteiger partial charge on any atom is 0.329 e. The van der Waals surface area contributed by atoms with Crippen molar-refractivity contribution in [1.82, 2.24) is 10.2 Å². The van der Waals surface area contributed by atoms with Gasteiger partial charge in [0.2, 0.25) is 0 Å². The summed E-state index contributed by atoms with van der Waals surface area (Å²) >= 11 is 20.0. The first-order valence-electron chi connectivity index (χ1n) is 9.86. The molecule has 3 aromatic rings. The molecule has 4 rings (SSSR count). The molecule has 1 aliphatic heterocycles. The largest absolute Gasteiger partial charge is 0.487 e. The first-order chi connectivity index (χ1) is 16.2. The van der Waals surface area contributed by atoms with E-state index in [0.29, 0.717) is 22.4 Å². The molecular weight excluding hydrogens is 769 g/mol. The molecule has 0 spiro atoms. The molecule has 3 amide bonds. The van der Waals surface area contributed by atoms with Crippen molar-refractivity contribution in [2.24, 2.45) is 0 Å². The molecule has 1 fully saturated rings. The molecule has 3 aromatic carbocycles. The molecule has 5 nitrogen and oxygen atoms in total. The predicted octanol–water partition coefficient (Wildman–Crippen LogP) is 7.64. The number of hydrogen-bond donors (Lipinski definition) is 1. The lowest BCUT2D eigenvalue weighted by atomic mass is 10.1. The van der Waals surface area contributed by atoms with Gasteiger partial charge in [-0.05, 0) is 98.8 Å². The van der Waals surface area contributed by atoms with Crippen LogP contribution in [0.3, 0.4) is 0 Å². The van der Waals surface area contributed by atoms with Gasteiger partial charge in [-0.3, -0.25) is 9.69 Å². The molecular formula is C24H15BrCl2I2N2O3. The molecule has 10 heteroatoms. The molecule has 174 valence electrons. The van der Waals surface area contributed by atoms with Crippen molar-refractivity contribution >= 4 is 102 Å². The molecule has 34 heavy (non-hydrogen) atoms. The van der Waals surface area contributed by atoms with E-state index >= 15 is 0 Å². The van der Waals surface area contributed by atoms with Gasteiger partial charge in [-0.1, -0.05) is 57.3 Å². The number of hydrogen-bond acceptors (Lipinski definition) is 3. The van der Waals surface area contributed by atoms with Crippen LogP contribution in [0.2, 0.25) is 10.0 Å². The van der Waals surface area contributed by atoms with E-state index in [2.05, 4.69) is 66.4 Å². The molecule has 1 heterocycles. The summed E-state index contributed by atoms with van der Waals surface area (Å²) in [6.07, 6.45) is 1.67. The second-order valence-corrected chi connectivity index (χ2v) is 11.4. The van der Waals surface area contributed by atoms with Crippen LogP contribution in [0, 0.1) is 7.14 Å². The third-order valence-electron chi connectivity index (χ3n) is 4.93. The van der Waals surface area contributed by atoms with Crippen molar-refractivity contribution in [2.75, 3.05) is 0 Å². The Morgan fingerprint density at radius 3 is 2.32 bits per heavy atom. The molecule has 1 N–H and O–H groups in total. The van der Waals surface area contributed by atoms with Gasteiger partial charge in [0.05, 0.1) is 13.7 Å². The van der Waals surface area contributed by atoms with Crippen molar-refractivity contribution in [2.45, 2.75) is 13.2 Å². The van der Waals surface area contributed by atoms with Gasteiger partial charge >= 0.3 is 6.03 Å². The monoisotopic (exact) mass is 782 g/mol. The van der Waals surface area contributed by atoms with Crippen LogP contribution in [0.15, 0.2) is 64.8 Å². The minimum Gasteiger partial charge on any atom is -0.487 e. The number of nitrogens with one attached hydrogen (secondary N) is 1. The lowest BCUT2D eigenvalue weighted by Gasteiger charge is -2.13. The molecule has 0 bridgehead atoms. The number of benzene rings is 3. The smallest absolute Gasteiger partial charge is 0.329 e. The van der Waals surface area contributed by atoms with E-state index < -0.39 is 6.03 Å². The van der Waals surface area contributed by atoms with Crippen molar-refractivity contribution in [3.05, 3.63) is 98.6 Å². The second kappa shape index (κ2) is 11.2. The highest BCUT2D eigenvalue weighted by Gasteiger charge is 2.33. The van der Waals surface area contributed by atoms with Crippen LogP contribution in [0.1, 0.15) is 16.7 Å². The SMILES string of the molecule is O=C1N/C(=C/c2cc(I)c(OCc3ccc(Cl)cc3Cl)c(I)c2)C(=O)N1Cc1ccc(Br)cc1. The normalized spacial score (nSPS) is 14.6. The number of ether oxygens (including phenoxy) is 1. The van der Waals surface area contributed by atoms with Crippen molar-refractivity contribution in [3.8, 4) is 5.75 Å². The van der Waals surface area contributed by atoms with Crippen LogP contribution in [-0.4, -0.2) is 16.8 Å². The molecule has 0 aromatic heterocycles. The van der Waals surface area contributed by atoms with Gasteiger partial charge in [0.25, 0.3) is 5.91 Å².